The van der Waals surface area contributed by atoms with Crippen LogP contribution in [0.2, 0.25) is 5.02 Å². The van der Waals surface area contributed by atoms with E-state index in [1.54, 1.807) is 12.1 Å². The molecule has 0 saturated heterocycles. The summed E-state index contributed by atoms with van der Waals surface area (Å²) in [5.74, 6) is 0.755. The molecule has 0 fully saturated rings. The van der Waals surface area contributed by atoms with Gasteiger partial charge in [0.1, 0.15) is 17.2 Å². The molecule has 0 atom stereocenters. The zero-order valence-corrected chi connectivity index (χ0v) is 12.3. The Balaban J connectivity index is 2.09. The van der Waals surface area contributed by atoms with Crippen molar-refractivity contribution in [3.05, 3.63) is 53.1 Å². The second kappa shape index (κ2) is 6.99. The van der Waals surface area contributed by atoms with Gasteiger partial charge in [0.2, 0.25) is 0 Å². The molecule has 2 rings (SSSR count). The Bertz CT molecular complexity index is 623. The molecule has 4 nitrogen and oxygen atoms in total. The third kappa shape index (κ3) is 4.13. The van der Waals surface area contributed by atoms with E-state index in [1.165, 1.54) is 18.2 Å². The Morgan fingerprint density at radius 2 is 1.81 bits per heavy atom. The van der Waals surface area contributed by atoms with Crippen LogP contribution in [0.4, 0.5) is 0 Å². The third-order valence-electron chi connectivity index (χ3n) is 2.70. The van der Waals surface area contributed by atoms with Crippen molar-refractivity contribution in [2.45, 2.75) is 13.3 Å². The van der Waals surface area contributed by atoms with Crippen LogP contribution in [0.3, 0.4) is 0 Å². The molecule has 1 N–H and O–H groups in total. The van der Waals surface area contributed by atoms with Gasteiger partial charge in [0.15, 0.2) is 0 Å². The van der Waals surface area contributed by atoms with E-state index in [0.717, 1.165) is 12.2 Å². The van der Waals surface area contributed by atoms with Crippen molar-refractivity contribution >= 4 is 17.6 Å². The molecule has 0 unspecified atom stereocenters. The minimum absolute atomic E-state index is 0.121. The molecule has 0 aliphatic rings. The predicted octanol–water partition coefficient (Wildman–Crippen LogP) is 4.62. The fourth-order valence-corrected chi connectivity index (χ4v) is 1.89. The minimum atomic E-state index is -1.03. The Kier molecular flexibility index (Phi) is 5.06. The van der Waals surface area contributed by atoms with Crippen molar-refractivity contribution in [2.75, 3.05) is 6.61 Å². The summed E-state index contributed by atoms with van der Waals surface area (Å²) in [7, 11) is 0. The maximum atomic E-state index is 10.8. The van der Waals surface area contributed by atoms with Crippen molar-refractivity contribution in [1.29, 1.82) is 0 Å². The number of hydrogen-bond acceptors (Lipinski definition) is 3. The van der Waals surface area contributed by atoms with Crippen LogP contribution in [0.25, 0.3) is 0 Å². The first-order chi connectivity index (χ1) is 10.1. The molecule has 0 aromatic heterocycles. The van der Waals surface area contributed by atoms with Gasteiger partial charge >= 0.3 is 5.97 Å². The van der Waals surface area contributed by atoms with Crippen LogP contribution in [0.5, 0.6) is 17.2 Å². The van der Waals surface area contributed by atoms with Crippen LogP contribution in [0.15, 0.2) is 42.5 Å². The maximum Gasteiger partial charge on any atom is 0.335 e. The van der Waals surface area contributed by atoms with Crippen molar-refractivity contribution in [1.82, 2.24) is 0 Å². The van der Waals surface area contributed by atoms with Gasteiger partial charge in [-0.2, -0.15) is 0 Å². The topological polar surface area (TPSA) is 55.8 Å². The van der Waals surface area contributed by atoms with Gasteiger partial charge in [-0.3, -0.25) is 0 Å². The van der Waals surface area contributed by atoms with Crippen molar-refractivity contribution in [3.63, 3.8) is 0 Å². The average molecular weight is 307 g/mol. The molecular formula is C16H15ClO4. The van der Waals surface area contributed by atoms with Crippen LogP contribution in [-0.2, 0) is 0 Å². The molecule has 110 valence electrons. The first-order valence-corrected chi connectivity index (χ1v) is 6.91. The summed E-state index contributed by atoms with van der Waals surface area (Å²) in [5.41, 5.74) is 0.121. The summed E-state index contributed by atoms with van der Waals surface area (Å²) in [6, 6.07) is 11.5. The van der Waals surface area contributed by atoms with Gasteiger partial charge in [-0.15, -0.1) is 0 Å². The standard InChI is InChI=1S/C16H15ClO4/c1-2-9-20-12-4-6-13(7-5-12)21-15-8-3-11(16(18)19)10-14(15)17/h3-8,10H,2,9H2,1H3,(H,18,19). The molecule has 0 heterocycles. The third-order valence-corrected chi connectivity index (χ3v) is 3.00. The lowest BCUT2D eigenvalue weighted by Gasteiger charge is -2.09. The summed E-state index contributed by atoms with van der Waals surface area (Å²) in [6.07, 6.45) is 0.948. The smallest absolute Gasteiger partial charge is 0.335 e. The van der Waals surface area contributed by atoms with E-state index < -0.39 is 5.97 Å². The summed E-state index contributed by atoms with van der Waals surface area (Å²) >= 11 is 6.01. The highest BCUT2D eigenvalue weighted by Gasteiger charge is 2.08. The maximum absolute atomic E-state index is 10.8. The number of carboxylic acid groups (broad SMARTS) is 1. The number of carbonyl (C=O) groups is 1. The number of halogens is 1. The normalized spacial score (nSPS) is 10.2. The average Bonchev–Trinajstić information content (AvgIpc) is 2.48. The number of rotatable bonds is 6. The molecule has 21 heavy (non-hydrogen) atoms. The van der Waals surface area contributed by atoms with Gasteiger partial charge in [-0.05, 0) is 48.9 Å². The molecule has 0 aliphatic carbocycles. The lowest BCUT2D eigenvalue weighted by molar-refractivity contribution is 0.0697. The van der Waals surface area contributed by atoms with Crippen molar-refractivity contribution in [3.8, 4) is 17.2 Å². The van der Waals surface area contributed by atoms with Gasteiger partial charge in [-0.1, -0.05) is 18.5 Å². The van der Waals surface area contributed by atoms with Crippen LogP contribution >= 0.6 is 11.6 Å². The first kappa shape index (κ1) is 15.2. The zero-order valence-electron chi connectivity index (χ0n) is 11.5. The highest BCUT2D eigenvalue weighted by atomic mass is 35.5. The first-order valence-electron chi connectivity index (χ1n) is 6.53. The van der Waals surface area contributed by atoms with Crippen LogP contribution in [0.1, 0.15) is 23.7 Å². The monoisotopic (exact) mass is 306 g/mol. The second-order valence-corrected chi connectivity index (χ2v) is 4.78. The van der Waals surface area contributed by atoms with E-state index >= 15 is 0 Å². The van der Waals surface area contributed by atoms with Crippen molar-refractivity contribution in [2.24, 2.45) is 0 Å². The molecule has 0 radical (unpaired) electrons. The van der Waals surface area contributed by atoms with E-state index in [2.05, 4.69) is 0 Å². The zero-order chi connectivity index (χ0) is 15.2. The van der Waals surface area contributed by atoms with E-state index in [0.29, 0.717) is 18.1 Å². The molecule has 0 amide bonds. The SMILES string of the molecule is CCCOc1ccc(Oc2ccc(C(=O)O)cc2Cl)cc1. The highest BCUT2D eigenvalue weighted by molar-refractivity contribution is 6.32. The van der Waals surface area contributed by atoms with Crippen LogP contribution < -0.4 is 9.47 Å². The summed E-state index contributed by atoms with van der Waals surface area (Å²) in [6.45, 7) is 2.71. The van der Waals surface area contributed by atoms with E-state index in [4.69, 9.17) is 26.2 Å². The Morgan fingerprint density at radius 3 is 2.38 bits per heavy atom. The largest absolute Gasteiger partial charge is 0.494 e. The highest BCUT2D eigenvalue weighted by Crippen LogP contribution is 2.31. The molecule has 5 heteroatoms. The number of ether oxygens (including phenoxy) is 2. The predicted molar refractivity (Wildman–Crippen MR) is 80.7 cm³/mol. The second-order valence-electron chi connectivity index (χ2n) is 4.37. The van der Waals surface area contributed by atoms with Crippen molar-refractivity contribution < 1.29 is 19.4 Å². The Labute approximate surface area is 127 Å². The fraction of sp³-hybridized carbons (Fsp3) is 0.188. The summed E-state index contributed by atoms with van der Waals surface area (Å²) in [5, 5.41) is 9.13. The molecule has 0 aliphatic heterocycles. The quantitative estimate of drug-likeness (QED) is 0.846. The summed E-state index contributed by atoms with van der Waals surface area (Å²) in [4.78, 5) is 10.8. The molecule has 0 spiro atoms. The van der Waals surface area contributed by atoms with E-state index in [9.17, 15) is 4.79 Å². The Morgan fingerprint density at radius 1 is 1.14 bits per heavy atom. The van der Waals surface area contributed by atoms with Gasteiger partial charge < -0.3 is 14.6 Å². The van der Waals surface area contributed by atoms with Gasteiger partial charge in [-0.25, -0.2) is 4.79 Å². The number of aromatic carboxylic acids is 1. The lowest BCUT2D eigenvalue weighted by atomic mass is 10.2. The minimum Gasteiger partial charge on any atom is -0.494 e. The Hall–Kier alpha value is -2.20. The fourth-order valence-electron chi connectivity index (χ4n) is 1.67. The molecular weight excluding hydrogens is 292 g/mol. The molecule has 0 bridgehead atoms. The molecule has 2 aromatic rings. The van der Waals surface area contributed by atoms with Gasteiger partial charge in [0, 0.05) is 0 Å². The lowest BCUT2D eigenvalue weighted by Crippen LogP contribution is -1.96. The molecule has 0 saturated carbocycles. The van der Waals surface area contributed by atoms with Gasteiger partial charge in [0.05, 0.1) is 17.2 Å². The number of carboxylic acids is 1. The number of benzene rings is 2. The van der Waals surface area contributed by atoms with Gasteiger partial charge in [0.25, 0.3) is 0 Å². The number of hydrogen-bond donors (Lipinski definition) is 1. The summed E-state index contributed by atoms with van der Waals surface area (Å²) < 4.78 is 11.1. The van der Waals surface area contributed by atoms with Crippen LogP contribution in [-0.4, -0.2) is 17.7 Å². The molecule has 2 aromatic carbocycles. The van der Waals surface area contributed by atoms with E-state index in [-0.39, 0.29) is 10.6 Å². The van der Waals surface area contributed by atoms with Crippen LogP contribution in [0, 0.1) is 0 Å². The van der Waals surface area contributed by atoms with E-state index in [1.807, 2.05) is 19.1 Å².